The summed E-state index contributed by atoms with van der Waals surface area (Å²) in [5.41, 5.74) is 1.52. The maximum absolute atomic E-state index is 12.2. The first kappa shape index (κ1) is 14.9. The predicted octanol–water partition coefficient (Wildman–Crippen LogP) is 2.16. The van der Waals surface area contributed by atoms with E-state index in [0.29, 0.717) is 17.1 Å². The van der Waals surface area contributed by atoms with Gasteiger partial charge in [-0.15, -0.1) is 0 Å². The van der Waals surface area contributed by atoms with Crippen LogP contribution in [0.5, 0.6) is 0 Å². The Morgan fingerprint density at radius 2 is 1.86 bits per heavy atom. The molecule has 2 heterocycles. The summed E-state index contributed by atoms with van der Waals surface area (Å²) in [4.78, 5) is 35.1. The van der Waals surface area contributed by atoms with Gasteiger partial charge in [0.05, 0.1) is 18.1 Å². The summed E-state index contributed by atoms with van der Waals surface area (Å²) < 4.78 is 0. The lowest BCUT2D eigenvalue weighted by Crippen LogP contribution is -2.25. The molecule has 110 valence electrons. The van der Waals surface area contributed by atoms with Gasteiger partial charge in [0.15, 0.2) is 0 Å². The molecule has 6 heteroatoms. The molecule has 2 rings (SSSR count). The van der Waals surface area contributed by atoms with Crippen molar-refractivity contribution in [3.63, 3.8) is 0 Å². The molecule has 21 heavy (non-hydrogen) atoms. The van der Waals surface area contributed by atoms with E-state index in [9.17, 15) is 9.59 Å². The van der Waals surface area contributed by atoms with Crippen LogP contribution in [0.4, 0.5) is 5.69 Å². The number of hydrogen-bond donors (Lipinski definition) is 2. The number of H-pyrrole nitrogens is 1. The molecule has 0 fully saturated rings. The highest BCUT2D eigenvalue weighted by atomic mass is 16.2. The Morgan fingerprint density at radius 1 is 1.24 bits per heavy atom. The van der Waals surface area contributed by atoms with Gasteiger partial charge in [0.2, 0.25) is 0 Å². The molecule has 0 bridgehead atoms. The van der Waals surface area contributed by atoms with Gasteiger partial charge in [0.1, 0.15) is 11.4 Å². The van der Waals surface area contributed by atoms with Crippen LogP contribution in [-0.4, -0.2) is 20.9 Å². The zero-order chi connectivity index (χ0) is 15.6. The number of carbonyl (C=O) groups excluding carboxylic acids is 1. The quantitative estimate of drug-likeness (QED) is 0.905. The third kappa shape index (κ3) is 3.34. The van der Waals surface area contributed by atoms with E-state index in [4.69, 9.17) is 0 Å². The minimum Gasteiger partial charge on any atom is -0.326 e. The fourth-order valence-electron chi connectivity index (χ4n) is 2.03. The van der Waals surface area contributed by atoms with E-state index in [1.165, 1.54) is 12.4 Å². The summed E-state index contributed by atoms with van der Waals surface area (Å²) in [5.74, 6) is 0.462. The number of hydrogen-bond acceptors (Lipinski definition) is 4. The van der Waals surface area contributed by atoms with Crippen LogP contribution in [-0.2, 0) is 0 Å². The summed E-state index contributed by atoms with van der Waals surface area (Å²) in [6.45, 7) is 7.48. The van der Waals surface area contributed by atoms with Crippen molar-refractivity contribution in [2.24, 2.45) is 0 Å². The van der Waals surface area contributed by atoms with E-state index < -0.39 is 11.5 Å². The minimum absolute atomic E-state index is 0.105. The molecule has 6 nitrogen and oxygen atoms in total. The summed E-state index contributed by atoms with van der Waals surface area (Å²) in [5, 5.41) is 2.64. The van der Waals surface area contributed by atoms with Crippen molar-refractivity contribution in [2.75, 3.05) is 5.32 Å². The second kappa shape index (κ2) is 5.87. The highest BCUT2D eigenvalue weighted by Gasteiger charge is 2.15. The Morgan fingerprint density at radius 3 is 2.38 bits per heavy atom. The molecule has 0 aliphatic heterocycles. The van der Waals surface area contributed by atoms with Crippen molar-refractivity contribution in [2.45, 2.75) is 33.6 Å². The van der Waals surface area contributed by atoms with Gasteiger partial charge in [-0.3, -0.25) is 9.59 Å². The minimum atomic E-state index is -0.463. The highest BCUT2D eigenvalue weighted by Crippen LogP contribution is 2.12. The molecule has 2 aromatic rings. The molecule has 0 aromatic carbocycles. The second-order valence-electron chi connectivity index (χ2n) is 5.28. The van der Waals surface area contributed by atoms with Crippen LogP contribution in [0.3, 0.4) is 0 Å². The van der Waals surface area contributed by atoms with Crippen molar-refractivity contribution in [3.8, 4) is 0 Å². The molecular formula is C15H18N4O2. The third-order valence-electron chi connectivity index (χ3n) is 3.04. The van der Waals surface area contributed by atoms with Gasteiger partial charge in [0.25, 0.3) is 11.5 Å². The lowest BCUT2D eigenvalue weighted by molar-refractivity contribution is 0.102. The lowest BCUT2D eigenvalue weighted by atomic mass is 10.1. The zero-order valence-electron chi connectivity index (χ0n) is 12.5. The first-order chi connectivity index (χ1) is 9.88. The summed E-state index contributed by atoms with van der Waals surface area (Å²) in [6, 6.07) is 1.76. The number of aromatic nitrogens is 3. The molecule has 0 aliphatic rings. The van der Waals surface area contributed by atoms with Crippen LogP contribution in [0.2, 0.25) is 0 Å². The standard InChI is InChI=1S/C15H18N4O2/c1-8(2)13-16-6-11(7-17-13)19-15(21)12-9(3)5-10(4)18-14(12)20/h5-8H,1-4H3,(H,18,20)(H,19,21). The largest absolute Gasteiger partial charge is 0.326 e. The van der Waals surface area contributed by atoms with Gasteiger partial charge in [0, 0.05) is 11.6 Å². The summed E-state index contributed by atoms with van der Waals surface area (Å²) >= 11 is 0. The number of carbonyl (C=O) groups is 1. The SMILES string of the molecule is Cc1cc(C)c(C(=O)Nc2cnc(C(C)C)nc2)c(=O)[nH]1. The molecular weight excluding hydrogens is 268 g/mol. The third-order valence-corrected chi connectivity index (χ3v) is 3.04. The molecule has 0 saturated carbocycles. The van der Waals surface area contributed by atoms with Gasteiger partial charge in [-0.1, -0.05) is 13.8 Å². The fourth-order valence-corrected chi connectivity index (χ4v) is 2.03. The Labute approximate surface area is 122 Å². The summed E-state index contributed by atoms with van der Waals surface area (Å²) in [6.07, 6.45) is 3.08. The molecule has 0 aliphatic carbocycles. The number of pyridine rings is 1. The van der Waals surface area contributed by atoms with Crippen LogP contribution in [0.25, 0.3) is 0 Å². The molecule has 1 amide bonds. The average molecular weight is 286 g/mol. The van der Waals surface area contributed by atoms with Crippen molar-refractivity contribution in [1.29, 1.82) is 0 Å². The van der Waals surface area contributed by atoms with E-state index in [2.05, 4.69) is 20.3 Å². The van der Waals surface area contributed by atoms with Crippen molar-refractivity contribution in [1.82, 2.24) is 15.0 Å². The van der Waals surface area contributed by atoms with E-state index >= 15 is 0 Å². The maximum Gasteiger partial charge on any atom is 0.261 e. The topological polar surface area (TPSA) is 87.7 Å². The first-order valence-electron chi connectivity index (χ1n) is 6.72. The van der Waals surface area contributed by atoms with Crippen molar-refractivity contribution in [3.05, 3.63) is 51.5 Å². The Hall–Kier alpha value is -2.50. The molecule has 0 saturated heterocycles. The van der Waals surface area contributed by atoms with Gasteiger partial charge in [-0.05, 0) is 25.5 Å². The van der Waals surface area contributed by atoms with Crippen LogP contribution < -0.4 is 10.9 Å². The predicted molar refractivity (Wildman–Crippen MR) is 80.6 cm³/mol. The van der Waals surface area contributed by atoms with Crippen LogP contribution in [0.15, 0.2) is 23.3 Å². The van der Waals surface area contributed by atoms with Crippen LogP contribution in [0.1, 0.15) is 47.2 Å². The maximum atomic E-state index is 12.2. The number of nitrogens with zero attached hydrogens (tertiary/aromatic N) is 2. The van der Waals surface area contributed by atoms with Gasteiger partial charge >= 0.3 is 0 Å². The van der Waals surface area contributed by atoms with Crippen molar-refractivity contribution >= 4 is 11.6 Å². The fraction of sp³-hybridized carbons (Fsp3) is 0.333. The highest BCUT2D eigenvalue weighted by molar-refractivity contribution is 6.04. The van der Waals surface area contributed by atoms with E-state index in [1.807, 2.05) is 13.8 Å². The average Bonchev–Trinajstić information content (AvgIpc) is 2.37. The number of amides is 1. The summed E-state index contributed by atoms with van der Waals surface area (Å²) in [7, 11) is 0. The lowest BCUT2D eigenvalue weighted by Gasteiger charge is -2.08. The normalized spacial score (nSPS) is 10.7. The second-order valence-corrected chi connectivity index (χ2v) is 5.28. The molecule has 0 atom stereocenters. The number of aryl methyl sites for hydroxylation is 2. The zero-order valence-corrected chi connectivity index (χ0v) is 12.5. The monoisotopic (exact) mass is 286 g/mol. The van der Waals surface area contributed by atoms with Gasteiger partial charge in [-0.2, -0.15) is 0 Å². The van der Waals surface area contributed by atoms with Crippen LogP contribution in [0, 0.1) is 13.8 Å². The number of nitrogens with one attached hydrogen (secondary N) is 2. The molecule has 0 spiro atoms. The number of anilines is 1. The van der Waals surface area contributed by atoms with Gasteiger partial charge in [-0.25, -0.2) is 9.97 Å². The van der Waals surface area contributed by atoms with Crippen molar-refractivity contribution < 1.29 is 4.79 Å². The van der Waals surface area contributed by atoms with E-state index in [0.717, 1.165) is 5.69 Å². The van der Waals surface area contributed by atoms with E-state index in [1.54, 1.807) is 19.9 Å². The molecule has 2 aromatic heterocycles. The molecule has 0 radical (unpaired) electrons. The first-order valence-corrected chi connectivity index (χ1v) is 6.72. The Kier molecular flexibility index (Phi) is 4.16. The van der Waals surface area contributed by atoms with Crippen LogP contribution >= 0.6 is 0 Å². The van der Waals surface area contributed by atoms with E-state index in [-0.39, 0.29) is 11.5 Å². The van der Waals surface area contributed by atoms with Gasteiger partial charge < -0.3 is 10.3 Å². The number of aromatic amines is 1. The smallest absolute Gasteiger partial charge is 0.261 e. The number of rotatable bonds is 3. The Balaban J connectivity index is 2.24. The Bertz CT molecular complexity index is 717. The molecule has 0 unspecified atom stereocenters. The molecule has 2 N–H and O–H groups in total.